The standard InChI is InChI=1S/C24H19ClF4N2O3/c1-13-3-9-19(25)21(11-13)34-14(2)22(32)31-20-10-8-17(12-18(20)24(27,28)29)30-23(33)15-4-6-16(26)7-5-15/h3-12,14H,1-2H3,(H,30,33)(H,31,32). The van der Waals surface area contributed by atoms with E-state index in [0.717, 1.165) is 23.8 Å². The SMILES string of the molecule is Cc1ccc(Cl)c(OC(C)C(=O)Nc2ccc(NC(=O)c3ccc(F)cc3)cc2C(F)(F)F)c1. The molecule has 1 atom stereocenters. The van der Waals surface area contributed by atoms with Crippen LogP contribution >= 0.6 is 11.6 Å². The van der Waals surface area contributed by atoms with Crippen LogP contribution in [0.25, 0.3) is 0 Å². The summed E-state index contributed by atoms with van der Waals surface area (Å²) in [6.45, 7) is 3.17. The fourth-order valence-corrected chi connectivity index (χ4v) is 3.11. The second-order valence-corrected chi connectivity index (χ2v) is 7.81. The van der Waals surface area contributed by atoms with E-state index in [2.05, 4.69) is 10.6 Å². The zero-order valence-corrected chi connectivity index (χ0v) is 18.7. The van der Waals surface area contributed by atoms with E-state index in [1.807, 2.05) is 0 Å². The molecule has 34 heavy (non-hydrogen) atoms. The third-order valence-corrected chi connectivity index (χ3v) is 5.02. The Morgan fingerprint density at radius 1 is 0.971 bits per heavy atom. The average Bonchev–Trinajstić information content (AvgIpc) is 2.77. The molecule has 0 aliphatic carbocycles. The van der Waals surface area contributed by atoms with E-state index in [1.54, 1.807) is 25.1 Å². The Hall–Kier alpha value is -3.59. The summed E-state index contributed by atoms with van der Waals surface area (Å²) in [5, 5.41) is 4.78. The van der Waals surface area contributed by atoms with Crippen molar-refractivity contribution in [2.75, 3.05) is 10.6 Å². The van der Waals surface area contributed by atoms with Gasteiger partial charge in [0.25, 0.3) is 11.8 Å². The number of carbonyl (C=O) groups excluding carboxylic acids is 2. The summed E-state index contributed by atoms with van der Waals surface area (Å²) in [7, 11) is 0. The summed E-state index contributed by atoms with van der Waals surface area (Å²) < 4.78 is 59.6. The van der Waals surface area contributed by atoms with E-state index in [1.165, 1.54) is 25.1 Å². The molecule has 3 aromatic carbocycles. The molecule has 0 saturated carbocycles. The smallest absolute Gasteiger partial charge is 0.418 e. The number of hydrogen-bond donors (Lipinski definition) is 2. The molecule has 3 aromatic rings. The molecule has 0 aliphatic heterocycles. The molecule has 1 unspecified atom stereocenters. The zero-order chi connectivity index (χ0) is 25.0. The minimum atomic E-state index is -4.83. The van der Waals surface area contributed by atoms with Crippen molar-refractivity contribution in [2.45, 2.75) is 26.1 Å². The van der Waals surface area contributed by atoms with Gasteiger partial charge in [-0.2, -0.15) is 13.2 Å². The number of rotatable bonds is 6. The molecule has 0 bridgehead atoms. The lowest BCUT2D eigenvalue weighted by Gasteiger charge is -2.19. The van der Waals surface area contributed by atoms with E-state index in [-0.39, 0.29) is 22.0 Å². The number of alkyl halides is 3. The molecule has 0 fully saturated rings. The highest BCUT2D eigenvalue weighted by Crippen LogP contribution is 2.37. The second kappa shape index (κ2) is 10.1. The highest BCUT2D eigenvalue weighted by Gasteiger charge is 2.35. The van der Waals surface area contributed by atoms with Gasteiger partial charge < -0.3 is 15.4 Å². The average molecular weight is 495 g/mol. The quantitative estimate of drug-likeness (QED) is 0.386. The van der Waals surface area contributed by atoms with Gasteiger partial charge in [0.05, 0.1) is 16.3 Å². The van der Waals surface area contributed by atoms with E-state index in [0.29, 0.717) is 6.07 Å². The van der Waals surface area contributed by atoms with Gasteiger partial charge >= 0.3 is 6.18 Å². The van der Waals surface area contributed by atoms with Crippen LogP contribution < -0.4 is 15.4 Å². The molecule has 0 radical (unpaired) electrons. The second-order valence-electron chi connectivity index (χ2n) is 7.40. The van der Waals surface area contributed by atoms with Gasteiger partial charge in [0, 0.05) is 11.3 Å². The first-order valence-electron chi connectivity index (χ1n) is 9.96. The van der Waals surface area contributed by atoms with Gasteiger partial charge in [-0.15, -0.1) is 0 Å². The minimum absolute atomic E-state index is 0.0631. The summed E-state index contributed by atoms with van der Waals surface area (Å²) in [6.07, 6.45) is -5.98. The van der Waals surface area contributed by atoms with Crippen molar-refractivity contribution in [3.63, 3.8) is 0 Å². The number of ether oxygens (including phenoxy) is 1. The Labute approximate surface area is 197 Å². The van der Waals surface area contributed by atoms with E-state index < -0.39 is 41.2 Å². The van der Waals surface area contributed by atoms with Crippen LogP contribution in [0.3, 0.4) is 0 Å². The van der Waals surface area contributed by atoms with Crippen LogP contribution in [0, 0.1) is 12.7 Å². The van der Waals surface area contributed by atoms with Crippen LogP contribution in [0.1, 0.15) is 28.4 Å². The summed E-state index contributed by atoms with van der Waals surface area (Å²) in [6, 6.07) is 12.4. The van der Waals surface area contributed by atoms with Gasteiger partial charge in [0.15, 0.2) is 6.10 Å². The van der Waals surface area contributed by atoms with E-state index in [9.17, 15) is 27.2 Å². The maximum atomic E-state index is 13.7. The number of hydrogen-bond acceptors (Lipinski definition) is 3. The summed E-state index contributed by atoms with van der Waals surface area (Å²) in [5.74, 6) is -1.88. The molecule has 3 rings (SSSR count). The molecule has 0 saturated heterocycles. The number of halogens is 5. The molecule has 178 valence electrons. The molecular formula is C24H19ClF4N2O3. The first-order chi connectivity index (χ1) is 15.9. The molecule has 10 heteroatoms. The fourth-order valence-electron chi connectivity index (χ4n) is 2.95. The van der Waals surface area contributed by atoms with Crippen LogP contribution in [0.5, 0.6) is 5.75 Å². The number of benzene rings is 3. The number of aryl methyl sites for hydroxylation is 1. The van der Waals surface area contributed by atoms with Gasteiger partial charge in [-0.05, 0) is 74.0 Å². The van der Waals surface area contributed by atoms with Crippen molar-refractivity contribution < 1.29 is 31.9 Å². The van der Waals surface area contributed by atoms with Crippen molar-refractivity contribution in [3.8, 4) is 5.75 Å². The molecule has 0 spiro atoms. The minimum Gasteiger partial charge on any atom is -0.479 e. The van der Waals surface area contributed by atoms with Crippen molar-refractivity contribution in [3.05, 3.63) is 88.2 Å². The summed E-state index contributed by atoms with van der Waals surface area (Å²) >= 11 is 6.04. The highest BCUT2D eigenvalue weighted by molar-refractivity contribution is 6.32. The van der Waals surface area contributed by atoms with Gasteiger partial charge in [0.1, 0.15) is 11.6 Å². The largest absolute Gasteiger partial charge is 0.479 e. The molecular weight excluding hydrogens is 476 g/mol. The van der Waals surface area contributed by atoms with Crippen molar-refractivity contribution in [1.82, 2.24) is 0 Å². The predicted molar refractivity (Wildman–Crippen MR) is 121 cm³/mol. The summed E-state index contributed by atoms with van der Waals surface area (Å²) in [5.41, 5.74) is -0.949. The van der Waals surface area contributed by atoms with Crippen LogP contribution in [-0.4, -0.2) is 17.9 Å². The Bertz CT molecular complexity index is 1210. The Morgan fingerprint density at radius 3 is 2.29 bits per heavy atom. The third-order valence-electron chi connectivity index (χ3n) is 4.71. The molecule has 0 heterocycles. The maximum absolute atomic E-state index is 13.7. The Balaban J connectivity index is 1.78. The van der Waals surface area contributed by atoms with E-state index >= 15 is 0 Å². The Morgan fingerprint density at radius 2 is 1.65 bits per heavy atom. The topological polar surface area (TPSA) is 67.4 Å². The van der Waals surface area contributed by atoms with Gasteiger partial charge in [-0.3, -0.25) is 9.59 Å². The lowest BCUT2D eigenvalue weighted by molar-refractivity contribution is -0.137. The highest BCUT2D eigenvalue weighted by atomic mass is 35.5. The number of nitrogens with one attached hydrogen (secondary N) is 2. The van der Waals surface area contributed by atoms with Crippen LogP contribution in [0.2, 0.25) is 5.02 Å². The number of amides is 2. The van der Waals surface area contributed by atoms with E-state index in [4.69, 9.17) is 16.3 Å². The van der Waals surface area contributed by atoms with Crippen LogP contribution in [0.4, 0.5) is 28.9 Å². The summed E-state index contributed by atoms with van der Waals surface area (Å²) in [4.78, 5) is 24.8. The first kappa shape index (κ1) is 25.0. The van der Waals surface area contributed by atoms with Crippen molar-refractivity contribution >= 4 is 34.8 Å². The van der Waals surface area contributed by atoms with Crippen molar-refractivity contribution in [1.29, 1.82) is 0 Å². The molecule has 0 aromatic heterocycles. The molecule has 5 nitrogen and oxygen atoms in total. The number of anilines is 2. The van der Waals surface area contributed by atoms with Gasteiger partial charge in [0.2, 0.25) is 0 Å². The third kappa shape index (κ3) is 6.26. The first-order valence-corrected chi connectivity index (χ1v) is 10.3. The zero-order valence-electron chi connectivity index (χ0n) is 18.0. The van der Waals surface area contributed by atoms with Crippen LogP contribution in [0.15, 0.2) is 60.7 Å². The Kier molecular flexibility index (Phi) is 7.46. The number of carbonyl (C=O) groups is 2. The maximum Gasteiger partial charge on any atom is 0.418 e. The fraction of sp³-hybridized carbons (Fsp3) is 0.167. The van der Waals surface area contributed by atoms with Crippen LogP contribution in [-0.2, 0) is 11.0 Å². The lowest BCUT2D eigenvalue weighted by atomic mass is 10.1. The predicted octanol–water partition coefficient (Wildman–Crippen LogP) is 6.46. The van der Waals surface area contributed by atoms with Crippen molar-refractivity contribution in [2.24, 2.45) is 0 Å². The molecule has 0 aliphatic rings. The monoisotopic (exact) mass is 494 g/mol. The molecule has 2 N–H and O–H groups in total. The van der Waals surface area contributed by atoms with Gasteiger partial charge in [-0.25, -0.2) is 4.39 Å². The van der Waals surface area contributed by atoms with Gasteiger partial charge in [-0.1, -0.05) is 17.7 Å². The lowest BCUT2D eigenvalue weighted by Crippen LogP contribution is -2.31. The normalized spacial score (nSPS) is 12.1. The molecule has 2 amide bonds.